The minimum Gasteiger partial charge on any atom is -0.496 e. The van der Waals surface area contributed by atoms with Gasteiger partial charge in [0.05, 0.1) is 25.7 Å². The molecule has 0 amide bonds. The van der Waals surface area contributed by atoms with Crippen molar-refractivity contribution in [2.45, 2.75) is 25.4 Å². The maximum Gasteiger partial charge on any atom is 0.236 e. The number of benzene rings is 1. The molecule has 1 unspecified atom stereocenters. The van der Waals surface area contributed by atoms with Gasteiger partial charge in [-0.15, -0.1) is 0 Å². The van der Waals surface area contributed by atoms with E-state index in [9.17, 15) is 18.0 Å². The first-order chi connectivity index (χ1) is 14.6. The number of ketones is 2. The van der Waals surface area contributed by atoms with E-state index in [1.165, 1.54) is 26.4 Å². The van der Waals surface area contributed by atoms with Crippen molar-refractivity contribution in [1.82, 2.24) is 5.32 Å². The van der Waals surface area contributed by atoms with Gasteiger partial charge in [0.15, 0.2) is 15.6 Å². The van der Waals surface area contributed by atoms with Crippen LogP contribution in [-0.4, -0.2) is 57.9 Å². The van der Waals surface area contributed by atoms with Crippen molar-refractivity contribution in [3.63, 3.8) is 0 Å². The lowest BCUT2D eigenvalue weighted by Crippen LogP contribution is -2.55. The summed E-state index contributed by atoms with van der Waals surface area (Å²) < 4.78 is 39.9. The van der Waals surface area contributed by atoms with E-state index in [0.29, 0.717) is 25.1 Å². The average Bonchev–Trinajstić information content (AvgIpc) is 3.23. The van der Waals surface area contributed by atoms with Gasteiger partial charge in [-0.1, -0.05) is 18.5 Å². The number of methoxy groups -OCH3 is 2. The van der Waals surface area contributed by atoms with Gasteiger partial charge in [0, 0.05) is 30.3 Å². The molecule has 1 saturated heterocycles. The molecule has 3 atom stereocenters. The van der Waals surface area contributed by atoms with Crippen LogP contribution in [0.1, 0.15) is 30.1 Å². The third kappa shape index (κ3) is 3.47. The molecule has 0 aromatic heterocycles. The molecule has 168 valence electrons. The lowest BCUT2D eigenvalue weighted by molar-refractivity contribution is -0.129. The van der Waals surface area contributed by atoms with Crippen LogP contribution in [0.25, 0.3) is 0 Å². The lowest BCUT2D eigenvalue weighted by atomic mass is 9.74. The summed E-state index contributed by atoms with van der Waals surface area (Å²) in [6.45, 7) is 2.23. The van der Waals surface area contributed by atoms with Crippen LogP contribution in [0.4, 0.5) is 0 Å². The van der Waals surface area contributed by atoms with Crippen LogP contribution >= 0.6 is 11.6 Å². The fourth-order valence-electron chi connectivity index (χ4n) is 4.56. The zero-order valence-electron chi connectivity index (χ0n) is 17.5. The summed E-state index contributed by atoms with van der Waals surface area (Å²) >= 11 is 6.37. The van der Waals surface area contributed by atoms with Gasteiger partial charge in [0.1, 0.15) is 22.1 Å². The van der Waals surface area contributed by atoms with Crippen LogP contribution in [0.15, 0.2) is 17.8 Å². The van der Waals surface area contributed by atoms with Gasteiger partial charge in [0.2, 0.25) is 17.2 Å². The van der Waals surface area contributed by atoms with Gasteiger partial charge in [-0.25, -0.2) is 8.42 Å². The van der Waals surface area contributed by atoms with Crippen molar-refractivity contribution >= 4 is 33.0 Å². The third-order valence-electron chi connectivity index (χ3n) is 6.25. The number of nitrogens with one attached hydrogen (secondary N) is 1. The highest BCUT2D eigenvalue weighted by atomic mass is 35.5. The summed E-state index contributed by atoms with van der Waals surface area (Å²) in [5, 5.41) is 3.30. The number of rotatable bonds is 5. The molecule has 2 heterocycles. The number of allylic oxidation sites excluding steroid dienone is 1. The van der Waals surface area contributed by atoms with E-state index >= 15 is 0 Å². The number of Topliss-reactive ketones (excluding diaryl/α,β-unsaturated/α-hetero) is 1. The molecular weight excluding hydrogens is 446 g/mol. The number of fused-ring (bicyclic) bond motifs is 1. The van der Waals surface area contributed by atoms with Crippen molar-refractivity contribution in [3.05, 3.63) is 28.4 Å². The van der Waals surface area contributed by atoms with E-state index in [-0.39, 0.29) is 45.3 Å². The second-order valence-electron chi connectivity index (χ2n) is 8.25. The Morgan fingerprint density at radius 2 is 1.97 bits per heavy atom. The molecule has 8 nitrogen and oxygen atoms in total. The summed E-state index contributed by atoms with van der Waals surface area (Å²) in [4.78, 5) is 26.6. The predicted molar refractivity (Wildman–Crippen MR) is 114 cm³/mol. The van der Waals surface area contributed by atoms with Crippen molar-refractivity contribution in [2.75, 3.05) is 32.3 Å². The molecule has 1 N–H and O–H groups in total. The number of hydrogen-bond donors (Lipinski definition) is 1. The Morgan fingerprint density at radius 3 is 2.55 bits per heavy atom. The molecule has 1 aromatic rings. The van der Waals surface area contributed by atoms with Crippen LogP contribution in [0.3, 0.4) is 0 Å². The fourth-order valence-corrected chi connectivity index (χ4v) is 6.69. The van der Waals surface area contributed by atoms with E-state index in [0.717, 1.165) is 0 Å². The first-order valence-corrected chi connectivity index (χ1v) is 12.2. The number of ether oxygens (including phenoxy) is 3. The van der Waals surface area contributed by atoms with Crippen molar-refractivity contribution in [2.24, 2.45) is 11.8 Å². The van der Waals surface area contributed by atoms with Crippen LogP contribution in [0.2, 0.25) is 5.02 Å². The second-order valence-corrected chi connectivity index (χ2v) is 10.9. The number of sulfone groups is 1. The zero-order chi connectivity index (χ0) is 22.6. The SMILES string of the molecule is COc1cc(OC)c2c(c1Cl)O[C@@]1(C(=O)C=C(NCC3CCS(=O)(=O)C3)C[C@H]1C)C2=O. The maximum absolute atomic E-state index is 13.4. The summed E-state index contributed by atoms with van der Waals surface area (Å²) in [6.07, 6.45) is 2.37. The predicted octanol–water partition coefficient (Wildman–Crippen LogP) is 2.19. The Morgan fingerprint density at radius 1 is 1.26 bits per heavy atom. The summed E-state index contributed by atoms with van der Waals surface area (Å²) in [6, 6.07) is 1.50. The van der Waals surface area contributed by atoms with Gasteiger partial charge in [-0.3, -0.25) is 9.59 Å². The Bertz CT molecular complexity index is 1100. The highest BCUT2D eigenvalue weighted by molar-refractivity contribution is 7.91. The molecular formula is C21H24ClNO7S. The summed E-state index contributed by atoms with van der Waals surface area (Å²) in [5.41, 5.74) is -0.919. The second kappa shape index (κ2) is 7.70. The van der Waals surface area contributed by atoms with Gasteiger partial charge in [0.25, 0.3) is 0 Å². The third-order valence-corrected chi connectivity index (χ3v) is 8.45. The van der Waals surface area contributed by atoms with Crippen molar-refractivity contribution in [1.29, 1.82) is 0 Å². The number of halogens is 1. The standard InChI is InChI=1S/C21H24ClNO7S/c1-11-6-13(23-9-12-4-5-31(26,27)10-12)7-16(24)21(11)20(25)17-14(28-2)8-15(29-3)18(22)19(17)30-21/h7-8,11-12,23H,4-6,9-10H2,1-3H3/t11-,12?,21+/m1/s1. The molecule has 31 heavy (non-hydrogen) atoms. The Labute approximate surface area is 185 Å². The van der Waals surface area contributed by atoms with Gasteiger partial charge in [-0.05, 0) is 18.8 Å². The molecule has 3 aliphatic rings. The Hall–Kier alpha value is -2.26. The van der Waals surface area contributed by atoms with Gasteiger partial charge < -0.3 is 19.5 Å². The van der Waals surface area contributed by atoms with E-state index in [2.05, 4.69) is 5.32 Å². The van der Waals surface area contributed by atoms with Crippen LogP contribution in [-0.2, 0) is 14.6 Å². The number of hydrogen-bond acceptors (Lipinski definition) is 8. The molecule has 1 aliphatic carbocycles. The normalized spacial score (nSPS) is 28.8. The highest BCUT2D eigenvalue weighted by Gasteiger charge is 2.60. The molecule has 10 heteroatoms. The molecule has 1 aromatic carbocycles. The smallest absolute Gasteiger partial charge is 0.236 e. The Balaban J connectivity index is 1.61. The minimum atomic E-state index is -2.97. The summed E-state index contributed by atoms with van der Waals surface area (Å²) in [7, 11) is -0.118. The Kier molecular flexibility index (Phi) is 5.46. The number of carbonyl (C=O) groups excluding carboxylic acids is 2. The molecule has 0 radical (unpaired) electrons. The largest absolute Gasteiger partial charge is 0.496 e. The average molecular weight is 470 g/mol. The molecule has 4 rings (SSSR count). The monoisotopic (exact) mass is 469 g/mol. The first-order valence-electron chi connectivity index (χ1n) is 10.0. The van der Waals surface area contributed by atoms with E-state index < -0.39 is 32.9 Å². The van der Waals surface area contributed by atoms with Crippen molar-refractivity contribution < 1.29 is 32.2 Å². The highest BCUT2D eigenvalue weighted by Crippen LogP contribution is 2.52. The lowest BCUT2D eigenvalue weighted by Gasteiger charge is -2.35. The van der Waals surface area contributed by atoms with Gasteiger partial charge >= 0.3 is 0 Å². The van der Waals surface area contributed by atoms with Crippen LogP contribution in [0.5, 0.6) is 17.2 Å². The summed E-state index contributed by atoms with van der Waals surface area (Å²) in [5.74, 6) is -0.492. The fraction of sp³-hybridized carbons (Fsp3) is 0.524. The molecule has 1 fully saturated rings. The van der Waals surface area contributed by atoms with Crippen LogP contribution < -0.4 is 19.5 Å². The van der Waals surface area contributed by atoms with Gasteiger partial charge in [-0.2, -0.15) is 0 Å². The molecule has 0 bridgehead atoms. The van der Waals surface area contributed by atoms with E-state index in [1.807, 2.05) is 0 Å². The van der Waals surface area contributed by atoms with Crippen molar-refractivity contribution in [3.8, 4) is 17.2 Å². The minimum absolute atomic E-state index is 0.0105. The zero-order valence-corrected chi connectivity index (χ0v) is 19.1. The maximum atomic E-state index is 13.4. The quantitative estimate of drug-likeness (QED) is 0.654. The van der Waals surface area contributed by atoms with Crippen LogP contribution in [0, 0.1) is 11.8 Å². The topological polar surface area (TPSA) is 108 Å². The number of carbonyl (C=O) groups is 2. The molecule has 2 aliphatic heterocycles. The van der Waals surface area contributed by atoms with E-state index in [4.69, 9.17) is 25.8 Å². The first kappa shape index (κ1) is 22.0. The van der Waals surface area contributed by atoms with E-state index in [1.54, 1.807) is 6.92 Å². The molecule has 0 saturated carbocycles. The molecule has 1 spiro atoms.